The third-order valence-corrected chi connectivity index (χ3v) is 3.80. The van der Waals surface area contributed by atoms with Crippen LogP contribution < -0.4 is 22.3 Å². The summed E-state index contributed by atoms with van der Waals surface area (Å²) < 4.78 is 1.35. The molecule has 0 aromatic carbocycles. The zero-order valence-corrected chi connectivity index (χ0v) is 11.0. The first-order chi connectivity index (χ1) is 8.36. The standard InChI is InChI=1S/C12H20N4O2/c1-4-16-9(13)8(10(17)15-11(16)18)14-6-7-5-12(7,2)3/h7,14H,4-6,13H2,1-3H3,(H,15,17,18). The smallest absolute Gasteiger partial charge is 0.330 e. The van der Waals surface area contributed by atoms with E-state index < -0.39 is 11.2 Å². The van der Waals surface area contributed by atoms with Gasteiger partial charge >= 0.3 is 5.69 Å². The molecule has 0 radical (unpaired) electrons. The number of nitrogens with zero attached hydrogens (tertiary/aromatic N) is 1. The summed E-state index contributed by atoms with van der Waals surface area (Å²) in [5.74, 6) is 0.767. The van der Waals surface area contributed by atoms with Gasteiger partial charge in [-0.25, -0.2) is 4.79 Å². The van der Waals surface area contributed by atoms with Crippen molar-refractivity contribution in [2.24, 2.45) is 11.3 Å². The van der Waals surface area contributed by atoms with Gasteiger partial charge in [-0.3, -0.25) is 14.3 Å². The Kier molecular flexibility index (Phi) is 2.96. The quantitative estimate of drug-likeness (QED) is 0.731. The largest absolute Gasteiger partial charge is 0.383 e. The molecule has 0 bridgehead atoms. The second kappa shape index (κ2) is 4.19. The van der Waals surface area contributed by atoms with E-state index in [0.29, 0.717) is 30.1 Å². The van der Waals surface area contributed by atoms with Crippen molar-refractivity contribution in [2.75, 3.05) is 17.6 Å². The molecular formula is C12H20N4O2. The molecule has 1 aliphatic rings. The summed E-state index contributed by atoms with van der Waals surface area (Å²) in [5, 5.41) is 3.07. The van der Waals surface area contributed by atoms with E-state index in [1.165, 1.54) is 4.57 Å². The number of aromatic nitrogens is 2. The molecule has 1 heterocycles. The molecule has 1 saturated carbocycles. The molecule has 1 fully saturated rings. The lowest BCUT2D eigenvalue weighted by atomic mass is 10.1. The van der Waals surface area contributed by atoms with Gasteiger partial charge in [0.1, 0.15) is 11.5 Å². The Morgan fingerprint density at radius 2 is 2.11 bits per heavy atom. The van der Waals surface area contributed by atoms with Gasteiger partial charge in [-0.05, 0) is 24.7 Å². The molecule has 100 valence electrons. The van der Waals surface area contributed by atoms with E-state index in [1.54, 1.807) is 0 Å². The summed E-state index contributed by atoms with van der Waals surface area (Å²) in [5.41, 5.74) is 5.59. The van der Waals surface area contributed by atoms with Gasteiger partial charge in [0.2, 0.25) is 0 Å². The number of H-pyrrole nitrogens is 1. The average molecular weight is 252 g/mol. The van der Waals surface area contributed by atoms with E-state index in [0.717, 1.165) is 6.42 Å². The van der Waals surface area contributed by atoms with Crippen LogP contribution in [0.5, 0.6) is 0 Å². The van der Waals surface area contributed by atoms with Crippen molar-refractivity contribution in [3.8, 4) is 0 Å². The van der Waals surface area contributed by atoms with Gasteiger partial charge in [0.15, 0.2) is 0 Å². The highest BCUT2D eigenvalue weighted by Gasteiger charge is 2.45. The Morgan fingerprint density at radius 3 is 2.61 bits per heavy atom. The topological polar surface area (TPSA) is 92.9 Å². The Balaban J connectivity index is 2.23. The third-order valence-electron chi connectivity index (χ3n) is 3.80. The van der Waals surface area contributed by atoms with Crippen molar-refractivity contribution in [3.05, 3.63) is 20.8 Å². The van der Waals surface area contributed by atoms with Crippen molar-refractivity contribution in [1.29, 1.82) is 0 Å². The monoisotopic (exact) mass is 252 g/mol. The summed E-state index contributed by atoms with van der Waals surface area (Å²) in [4.78, 5) is 25.5. The Labute approximate surface area is 105 Å². The molecule has 0 spiro atoms. The fourth-order valence-electron chi connectivity index (χ4n) is 2.22. The molecule has 2 rings (SSSR count). The van der Waals surface area contributed by atoms with Gasteiger partial charge in [0.05, 0.1) is 0 Å². The first-order valence-electron chi connectivity index (χ1n) is 6.23. The van der Waals surface area contributed by atoms with Gasteiger partial charge in [0.25, 0.3) is 5.56 Å². The molecule has 18 heavy (non-hydrogen) atoms. The maximum Gasteiger partial charge on any atom is 0.330 e. The first-order valence-corrected chi connectivity index (χ1v) is 6.23. The summed E-state index contributed by atoms with van der Waals surface area (Å²) in [6.45, 7) is 7.34. The van der Waals surface area contributed by atoms with Crippen LogP contribution in [0.4, 0.5) is 11.5 Å². The highest BCUT2D eigenvalue weighted by molar-refractivity contribution is 5.60. The van der Waals surface area contributed by atoms with E-state index in [9.17, 15) is 9.59 Å². The van der Waals surface area contributed by atoms with Crippen LogP contribution in [0.3, 0.4) is 0 Å². The fraction of sp³-hybridized carbons (Fsp3) is 0.667. The van der Waals surface area contributed by atoms with Crippen molar-refractivity contribution < 1.29 is 0 Å². The van der Waals surface area contributed by atoms with E-state index >= 15 is 0 Å². The van der Waals surface area contributed by atoms with Crippen LogP contribution in [0.1, 0.15) is 27.2 Å². The Morgan fingerprint density at radius 1 is 1.50 bits per heavy atom. The van der Waals surface area contributed by atoms with Gasteiger partial charge in [-0.2, -0.15) is 0 Å². The van der Waals surface area contributed by atoms with Crippen LogP contribution in [-0.2, 0) is 6.54 Å². The molecule has 4 N–H and O–H groups in total. The summed E-state index contributed by atoms with van der Waals surface area (Å²) in [6, 6.07) is 0. The van der Waals surface area contributed by atoms with Crippen LogP contribution >= 0.6 is 0 Å². The lowest BCUT2D eigenvalue weighted by molar-refractivity contribution is 0.572. The summed E-state index contributed by atoms with van der Waals surface area (Å²) in [6.07, 6.45) is 1.14. The van der Waals surface area contributed by atoms with Crippen LogP contribution in [0.15, 0.2) is 9.59 Å². The molecule has 0 amide bonds. The number of aromatic amines is 1. The molecule has 1 aliphatic carbocycles. The molecular weight excluding hydrogens is 232 g/mol. The molecule has 0 aliphatic heterocycles. The minimum Gasteiger partial charge on any atom is -0.383 e. The Hall–Kier alpha value is -1.72. The normalized spacial score (nSPS) is 20.7. The van der Waals surface area contributed by atoms with Gasteiger partial charge in [0, 0.05) is 13.1 Å². The van der Waals surface area contributed by atoms with Gasteiger partial charge in [-0.1, -0.05) is 13.8 Å². The summed E-state index contributed by atoms with van der Waals surface area (Å²) in [7, 11) is 0. The second-order valence-corrected chi connectivity index (χ2v) is 5.53. The van der Waals surface area contributed by atoms with E-state index in [1.807, 2.05) is 6.92 Å². The molecule has 1 aromatic rings. The molecule has 1 aromatic heterocycles. The minimum absolute atomic E-state index is 0.213. The highest BCUT2D eigenvalue weighted by Crippen LogP contribution is 2.51. The Bertz CT molecular complexity index is 570. The lowest BCUT2D eigenvalue weighted by Crippen LogP contribution is -2.34. The lowest BCUT2D eigenvalue weighted by Gasteiger charge is -2.12. The number of anilines is 2. The molecule has 1 unspecified atom stereocenters. The van der Waals surface area contributed by atoms with E-state index in [4.69, 9.17) is 5.73 Å². The number of hydrogen-bond donors (Lipinski definition) is 3. The van der Waals surface area contributed by atoms with Crippen molar-refractivity contribution >= 4 is 11.5 Å². The highest BCUT2D eigenvalue weighted by atomic mass is 16.2. The number of rotatable bonds is 4. The number of nitrogens with two attached hydrogens (primary N) is 1. The van der Waals surface area contributed by atoms with Crippen molar-refractivity contribution in [1.82, 2.24) is 9.55 Å². The zero-order chi connectivity index (χ0) is 13.5. The molecule has 1 atom stereocenters. The maximum absolute atomic E-state index is 11.7. The second-order valence-electron chi connectivity index (χ2n) is 5.53. The number of nitrogen functional groups attached to an aromatic ring is 1. The summed E-state index contributed by atoms with van der Waals surface area (Å²) >= 11 is 0. The predicted octanol–water partition coefficient (Wildman–Crippen LogP) is 0.597. The zero-order valence-electron chi connectivity index (χ0n) is 11.0. The van der Waals surface area contributed by atoms with Crippen molar-refractivity contribution in [3.63, 3.8) is 0 Å². The van der Waals surface area contributed by atoms with E-state index in [2.05, 4.69) is 24.1 Å². The van der Waals surface area contributed by atoms with Crippen LogP contribution in [0.2, 0.25) is 0 Å². The average Bonchev–Trinajstić information content (AvgIpc) is 2.86. The molecule has 6 nitrogen and oxygen atoms in total. The van der Waals surface area contributed by atoms with Gasteiger partial charge in [-0.15, -0.1) is 0 Å². The number of hydrogen-bond acceptors (Lipinski definition) is 4. The SMILES string of the molecule is CCn1c(N)c(NCC2CC2(C)C)c(=O)[nH]c1=O. The van der Waals surface area contributed by atoms with Crippen LogP contribution in [-0.4, -0.2) is 16.1 Å². The fourth-order valence-corrected chi connectivity index (χ4v) is 2.22. The first kappa shape index (κ1) is 12.7. The van der Waals surface area contributed by atoms with Crippen molar-refractivity contribution in [2.45, 2.75) is 33.7 Å². The number of nitrogens with one attached hydrogen (secondary N) is 2. The van der Waals surface area contributed by atoms with Crippen LogP contribution in [0, 0.1) is 11.3 Å². The maximum atomic E-state index is 11.7. The van der Waals surface area contributed by atoms with Gasteiger partial charge < -0.3 is 11.1 Å². The van der Waals surface area contributed by atoms with Crippen LogP contribution in [0.25, 0.3) is 0 Å². The minimum atomic E-state index is -0.461. The van der Waals surface area contributed by atoms with E-state index in [-0.39, 0.29) is 5.82 Å². The predicted molar refractivity (Wildman–Crippen MR) is 71.8 cm³/mol. The molecule has 6 heteroatoms. The third kappa shape index (κ3) is 2.14. The molecule has 0 saturated heterocycles.